The number of halogens is 1. The third-order valence-corrected chi connectivity index (χ3v) is 10.9. The fourth-order valence-electron chi connectivity index (χ4n) is 7.81. The zero-order valence-corrected chi connectivity index (χ0v) is 26.4. The Bertz CT molecular complexity index is 1320. The van der Waals surface area contributed by atoms with Gasteiger partial charge in [0, 0.05) is 17.8 Å². The summed E-state index contributed by atoms with van der Waals surface area (Å²) in [6, 6.07) is 9.00. The van der Waals surface area contributed by atoms with Crippen LogP contribution in [0, 0.1) is 28.6 Å². The molecular weight excluding hydrogens is 531 g/mol. The average Bonchev–Trinajstić information content (AvgIpc) is 3.92. The number of allylic oxidation sites excluding steroid dienone is 5. The maximum absolute atomic E-state index is 13.6. The molecule has 0 radical (unpaired) electrons. The molecule has 4 heteroatoms. The minimum atomic E-state index is -0.159. The van der Waals surface area contributed by atoms with Crippen molar-refractivity contribution in [2.45, 2.75) is 115 Å². The Hall–Kier alpha value is -2.84. The van der Waals surface area contributed by atoms with Gasteiger partial charge in [0.15, 0.2) is 5.78 Å². The zero-order chi connectivity index (χ0) is 30.5. The van der Waals surface area contributed by atoms with Crippen LogP contribution >= 0.6 is 0 Å². The predicted octanol–water partition coefficient (Wildman–Crippen LogP) is 9.03. The Morgan fingerprint density at radius 1 is 1.16 bits per heavy atom. The molecular formula is C39H52FN2O+. The number of hydrogen-bond donors (Lipinski definition) is 1. The highest BCUT2D eigenvalue weighted by Gasteiger charge is 2.52. The van der Waals surface area contributed by atoms with Crippen LogP contribution in [0.3, 0.4) is 0 Å². The molecule has 1 aromatic rings. The first-order valence-electron chi connectivity index (χ1n) is 17.0. The highest BCUT2D eigenvalue weighted by molar-refractivity contribution is 6.22. The minimum Gasteiger partial charge on any atom is -0.313 e. The van der Waals surface area contributed by atoms with Crippen LogP contribution in [0.4, 0.5) is 4.39 Å². The predicted molar refractivity (Wildman–Crippen MR) is 179 cm³/mol. The third-order valence-electron chi connectivity index (χ3n) is 10.9. The molecule has 43 heavy (non-hydrogen) atoms. The molecule has 3 fully saturated rings. The van der Waals surface area contributed by atoms with Gasteiger partial charge in [-0.3, -0.25) is 9.18 Å². The van der Waals surface area contributed by atoms with Gasteiger partial charge in [-0.05, 0) is 118 Å². The molecule has 0 bridgehead atoms. The second-order valence-corrected chi connectivity index (χ2v) is 14.3. The minimum absolute atomic E-state index is 0.0209. The number of nitrogens with one attached hydrogen (secondary N) is 1. The van der Waals surface area contributed by atoms with Crippen LogP contribution in [0.2, 0.25) is 0 Å². The molecule has 3 saturated carbocycles. The van der Waals surface area contributed by atoms with Crippen molar-refractivity contribution in [3.8, 4) is 0 Å². The molecule has 230 valence electrons. The van der Waals surface area contributed by atoms with Crippen molar-refractivity contribution in [1.29, 1.82) is 5.41 Å². The van der Waals surface area contributed by atoms with Crippen molar-refractivity contribution in [2.24, 2.45) is 23.2 Å². The first-order valence-corrected chi connectivity index (χ1v) is 17.0. The van der Waals surface area contributed by atoms with Crippen molar-refractivity contribution in [3.63, 3.8) is 0 Å². The monoisotopic (exact) mass is 583 g/mol. The molecule has 0 saturated heterocycles. The number of rotatable bonds is 16. The van der Waals surface area contributed by atoms with E-state index in [0.29, 0.717) is 24.2 Å². The van der Waals surface area contributed by atoms with Gasteiger partial charge in [-0.1, -0.05) is 67.8 Å². The summed E-state index contributed by atoms with van der Waals surface area (Å²) < 4.78 is 17.5. The van der Waals surface area contributed by atoms with Gasteiger partial charge in [0.25, 0.3) is 6.72 Å². The van der Waals surface area contributed by atoms with Crippen molar-refractivity contribution in [3.05, 3.63) is 70.8 Å². The number of ketones is 1. The van der Waals surface area contributed by atoms with Crippen molar-refractivity contribution < 1.29 is 9.18 Å². The molecule has 5 rings (SSSR count). The van der Waals surface area contributed by atoms with E-state index >= 15 is 0 Å². The fraction of sp³-hybridized carbons (Fsp3) is 0.590. The van der Waals surface area contributed by atoms with E-state index in [2.05, 4.69) is 61.3 Å². The molecule has 2 atom stereocenters. The lowest BCUT2D eigenvalue weighted by Gasteiger charge is -2.49. The summed E-state index contributed by atoms with van der Waals surface area (Å²) in [6.45, 7) is 10.6. The van der Waals surface area contributed by atoms with Crippen LogP contribution in [-0.4, -0.2) is 31.1 Å². The van der Waals surface area contributed by atoms with E-state index in [9.17, 15) is 9.18 Å². The maximum Gasteiger partial charge on any atom is 0.313 e. The molecule has 0 heterocycles. The van der Waals surface area contributed by atoms with Crippen LogP contribution in [0.25, 0.3) is 0 Å². The smallest absolute Gasteiger partial charge is 0.313 e. The standard InChI is InChI=1S/C39H52FN2O/c1-28-24-39(25-28,29(2)34-23-32(34)26-41)33-15-9-13-30(21-33)14-10-17-37(43)35-22-31(12-6-7-16-36(35)42-3)11-5-4-8-18-38(27-40)19-20-38/h9,12-13,15,21-22,26,28,32,34,41H,2-8,10-11,14,16-20,23-25,27H2,1H3/q+1/b31-12-,35-22+,41-26?/t28-,32?,34?,39-. The molecule has 1 aromatic carbocycles. The maximum atomic E-state index is 13.6. The van der Waals surface area contributed by atoms with Gasteiger partial charge >= 0.3 is 5.71 Å². The van der Waals surface area contributed by atoms with Crippen molar-refractivity contribution in [2.75, 3.05) is 6.67 Å². The summed E-state index contributed by atoms with van der Waals surface area (Å²) in [5.74, 6) is 1.71. The summed E-state index contributed by atoms with van der Waals surface area (Å²) in [7, 11) is 0. The van der Waals surface area contributed by atoms with Gasteiger partial charge in [0.1, 0.15) is 5.57 Å². The van der Waals surface area contributed by atoms with E-state index in [1.54, 1.807) is 6.21 Å². The molecule has 4 aliphatic carbocycles. The van der Waals surface area contributed by atoms with E-state index in [0.717, 1.165) is 108 Å². The first kappa shape index (κ1) is 31.6. The Morgan fingerprint density at radius 3 is 2.65 bits per heavy atom. The number of carbonyl (C=O) groups is 1. The second-order valence-electron chi connectivity index (χ2n) is 14.3. The number of aryl methyl sites for hydroxylation is 1. The van der Waals surface area contributed by atoms with Crippen LogP contribution in [0.5, 0.6) is 0 Å². The normalized spacial score (nSPS) is 29.9. The van der Waals surface area contributed by atoms with Gasteiger partial charge in [0.2, 0.25) is 0 Å². The highest BCUT2D eigenvalue weighted by atomic mass is 19.1. The number of hydrogen-bond acceptors (Lipinski definition) is 2. The molecule has 3 nitrogen and oxygen atoms in total. The Morgan fingerprint density at radius 2 is 1.98 bits per heavy atom. The van der Waals surface area contributed by atoms with E-state index in [-0.39, 0.29) is 23.3 Å². The first-order chi connectivity index (χ1) is 20.8. The van der Waals surface area contributed by atoms with E-state index in [4.69, 9.17) is 5.41 Å². The topological polar surface area (TPSA) is 55.0 Å². The molecule has 4 aliphatic rings. The Balaban J connectivity index is 1.18. The molecule has 0 amide bonds. The molecule has 0 spiro atoms. The van der Waals surface area contributed by atoms with Gasteiger partial charge in [0.05, 0.1) is 13.1 Å². The zero-order valence-electron chi connectivity index (χ0n) is 26.4. The second kappa shape index (κ2) is 13.9. The number of unbranched alkanes of at least 4 members (excludes halogenated alkanes) is 2. The molecule has 0 aliphatic heterocycles. The van der Waals surface area contributed by atoms with E-state index in [1.807, 2.05) is 0 Å². The summed E-state index contributed by atoms with van der Waals surface area (Å²) in [5.41, 5.74) is 6.90. The lowest BCUT2D eigenvalue weighted by atomic mass is 9.55. The summed E-state index contributed by atoms with van der Waals surface area (Å²) in [6.07, 6.45) is 21.7. The molecule has 0 aromatic heterocycles. The van der Waals surface area contributed by atoms with Gasteiger partial charge in [-0.2, -0.15) is 0 Å². The summed E-state index contributed by atoms with van der Waals surface area (Å²) >= 11 is 0. The SMILES string of the molecule is C=[N+]=C1CCC/C=C(CCCCCC2(CF)CC2)\C=C/1C(=O)CCCc1cccc([C@]2(C(=C)C3CC3C=N)C[C@@H](C)C2)c1. The van der Waals surface area contributed by atoms with Gasteiger partial charge < -0.3 is 5.41 Å². The number of carbonyl (C=O) groups excluding carboxylic acids is 1. The van der Waals surface area contributed by atoms with E-state index in [1.165, 1.54) is 22.3 Å². The number of alkyl halides is 1. The third kappa shape index (κ3) is 7.46. The van der Waals surface area contributed by atoms with Crippen molar-refractivity contribution >= 4 is 24.4 Å². The quantitative estimate of drug-likeness (QED) is 0.0898. The molecule has 1 N–H and O–H groups in total. The van der Waals surface area contributed by atoms with Crippen LogP contribution < -0.4 is 4.67 Å². The number of nitrogens with zero attached hydrogens (tertiary/aromatic N) is 1. The lowest BCUT2D eigenvalue weighted by Crippen LogP contribution is -2.42. The van der Waals surface area contributed by atoms with E-state index < -0.39 is 0 Å². The number of benzene rings is 1. The van der Waals surface area contributed by atoms with Crippen LogP contribution in [0.1, 0.15) is 114 Å². The Kier molecular flexibility index (Phi) is 10.2. The Labute approximate surface area is 259 Å². The fourth-order valence-corrected chi connectivity index (χ4v) is 7.81. The van der Waals surface area contributed by atoms with Gasteiger partial charge in [-0.15, -0.1) is 4.67 Å². The average molecular weight is 584 g/mol. The molecule has 2 unspecified atom stereocenters. The van der Waals surface area contributed by atoms with Crippen LogP contribution in [-0.2, 0) is 16.6 Å². The number of Topliss-reactive ketones (excluding diaryl/α,β-unsaturated/α-hetero) is 1. The van der Waals surface area contributed by atoms with Crippen molar-refractivity contribution in [1.82, 2.24) is 4.67 Å². The largest absolute Gasteiger partial charge is 0.313 e. The summed E-state index contributed by atoms with van der Waals surface area (Å²) in [5, 5.41) is 7.69. The van der Waals surface area contributed by atoms with Crippen LogP contribution in [0.15, 0.2) is 59.7 Å². The lowest BCUT2D eigenvalue weighted by molar-refractivity contribution is -0.115. The van der Waals surface area contributed by atoms with Gasteiger partial charge in [-0.25, -0.2) is 0 Å². The summed E-state index contributed by atoms with van der Waals surface area (Å²) in [4.78, 5) is 13.6. The highest BCUT2D eigenvalue weighted by Crippen LogP contribution is 2.59.